The summed E-state index contributed by atoms with van der Waals surface area (Å²) in [7, 11) is -3.69. The van der Waals surface area contributed by atoms with Crippen LogP contribution in [0.5, 0.6) is 0 Å². The van der Waals surface area contributed by atoms with Crippen molar-refractivity contribution in [3.8, 4) is 0 Å². The van der Waals surface area contributed by atoms with E-state index in [0.717, 1.165) is 0 Å². The third kappa shape index (κ3) is 4.17. The number of amides is 1. The quantitative estimate of drug-likeness (QED) is 0.538. The van der Waals surface area contributed by atoms with Gasteiger partial charge in [-0.2, -0.15) is 0 Å². The number of sulfonamides is 1. The molecule has 0 radical (unpaired) electrons. The van der Waals surface area contributed by atoms with E-state index in [9.17, 15) is 13.2 Å². The number of anilines is 1. The van der Waals surface area contributed by atoms with Gasteiger partial charge in [0.05, 0.1) is 5.69 Å². The molecule has 0 aliphatic rings. The first-order chi connectivity index (χ1) is 8.33. The molecule has 6 nitrogen and oxygen atoms in total. The van der Waals surface area contributed by atoms with Crippen LogP contribution in [0.1, 0.15) is 6.92 Å². The molecule has 0 spiro atoms. The summed E-state index contributed by atoms with van der Waals surface area (Å²) in [6.07, 6.45) is 0. The van der Waals surface area contributed by atoms with Crippen LogP contribution >= 0.6 is 11.6 Å². The Morgan fingerprint density at radius 3 is 2.61 bits per heavy atom. The smallest absolute Gasteiger partial charge is 0.242 e. The molecule has 1 aromatic carbocycles. The summed E-state index contributed by atoms with van der Waals surface area (Å²) in [6.45, 7) is 1.65. The maximum atomic E-state index is 11.9. The van der Waals surface area contributed by atoms with Crippen LogP contribution in [0.2, 0.25) is 5.02 Å². The summed E-state index contributed by atoms with van der Waals surface area (Å²) >= 11 is 5.69. The van der Waals surface area contributed by atoms with Gasteiger partial charge in [0.1, 0.15) is 4.90 Å². The Morgan fingerprint density at radius 2 is 2.06 bits per heavy atom. The van der Waals surface area contributed by atoms with E-state index >= 15 is 0 Å². The van der Waals surface area contributed by atoms with E-state index in [4.69, 9.17) is 17.3 Å². The molecule has 0 bridgehead atoms. The highest BCUT2D eigenvalue weighted by atomic mass is 35.5. The van der Waals surface area contributed by atoms with E-state index in [-0.39, 0.29) is 29.6 Å². The normalized spacial score (nSPS) is 11.2. The van der Waals surface area contributed by atoms with Gasteiger partial charge >= 0.3 is 0 Å². The number of carbonyl (C=O) groups is 1. The minimum Gasteiger partial charge on any atom is -0.398 e. The standard InChI is InChI=1S/C10H14ClN3O3S/c1-7(15)13-4-5-14-18(16,17)10-3-2-8(11)6-9(10)12/h2-3,6,14H,4-5,12H2,1H3,(H,13,15). The number of hydrogen-bond acceptors (Lipinski definition) is 4. The molecule has 0 heterocycles. The number of nitrogens with two attached hydrogens (primary N) is 1. The lowest BCUT2D eigenvalue weighted by atomic mass is 10.3. The fraction of sp³-hybridized carbons (Fsp3) is 0.300. The summed E-state index contributed by atoms with van der Waals surface area (Å²) in [5.74, 6) is -0.222. The highest BCUT2D eigenvalue weighted by Gasteiger charge is 2.16. The summed E-state index contributed by atoms with van der Waals surface area (Å²) < 4.78 is 26.0. The van der Waals surface area contributed by atoms with Crippen LogP contribution in [0, 0.1) is 0 Å². The largest absolute Gasteiger partial charge is 0.398 e. The SMILES string of the molecule is CC(=O)NCCNS(=O)(=O)c1ccc(Cl)cc1N. The molecule has 0 atom stereocenters. The number of nitrogen functional groups attached to an aromatic ring is 1. The molecule has 1 aromatic rings. The topological polar surface area (TPSA) is 101 Å². The van der Waals surface area contributed by atoms with Gasteiger partial charge in [0.15, 0.2) is 0 Å². The molecule has 8 heteroatoms. The van der Waals surface area contributed by atoms with Gasteiger partial charge in [-0.05, 0) is 18.2 Å². The molecule has 0 fully saturated rings. The fourth-order valence-electron chi connectivity index (χ4n) is 1.27. The Labute approximate surface area is 111 Å². The van der Waals surface area contributed by atoms with Crippen LogP contribution in [0.25, 0.3) is 0 Å². The van der Waals surface area contributed by atoms with Crippen molar-refractivity contribution in [2.75, 3.05) is 18.8 Å². The maximum absolute atomic E-state index is 11.9. The molecular formula is C10H14ClN3O3S. The number of rotatable bonds is 5. The molecule has 4 N–H and O–H groups in total. The second-order valence-electron chi connectivity index (χ2n) is 3.56. The van der Waals surface area contributed by atoms with E-state index in [1.165, 1.54) is 25.1 Å². The van der Waals surface area contributed by atoms with Gasteiger partial charge in [-0.25, -0.2) is 13.1 Å². The summed E-state index contributed by atoms with van der Waals surface area (Å²) in [4.78, 5) is 10.6. The first-order valence-corrected chi connectivity index (χ1v) is 6.98. The third-order valence-corrected chi connectivity index (χ3v) is 3.82. The van der Waals surface area contributed by atoms with E-state index < -0.39 is 10.0 Å². The first-order valence-electron chi connectivity index (χ1n) is 5.12. The number of benzene rings is 1. The van der Waals surface area contributed by atoms with Crippen molar-refractivity contribution >= 4 is 33.2 Å². The third-order valence-electron chi connectivity index (χ3n) is 2.05. The number of hydrogen-bond donors (Lipinski definition) is 3. The van der Waals surface area contributed by atoms with Crippen molar-refractivity contribution in [1.29, 1.82) is 0 Å². The van der Waals surface area contributed by atoms with E-state index in [2.05, 4.69) is 10.0 Å². The molecule has 1 rings (SSSR count). The van der Waals surface area contributed by atoms with Gasteiger partial charge in [0, 0.05) is 25.0 Å². The lowest BCUT2D eigenvalue weighted by molar-refractivity contribution is -0.118. The molecule has 0 aliphatic heterocycles. The van der Waals surface area contributed by atoms with E-state index in [1.807, 2.05) is 0 Å². The predicted octanol–water partition coefficient (Wildman–Crippen LogP) is 0.337. The molecule has 0 saturated carbocycles. The molecule has 0 aromatic heterocycles. The Bertz CT molecular complexity index is 545. The number of carbonyl (C=O) groups excluding carboxylic acids is 1. The van der Waals surface area contributed by atoms with Crippen LogP contribution in [-0.2, 0) is 14.8 Å². The first kappa shape index (κ1) is 14.7. The van der Waals surface area contributed by atoms with E-state index in [1.54, 1.807) is 0 Å². The Morgan fingerprint density at radius 1 is 1.39 bits per heavy atom. The second-order valence-corrected chi connectivity index (χ2v) is 5.73. The lowest BCUT2D eigenvalue weighted by Crippen LogP contribution is -2.33. The zero-order chi connectivity index (χ0) is 13.8. The Kier molecular flexibility index (Phi) is 4.94. The highest BCUT2D eigenvalue weighted by Crippen LogP contribution is 2.21. The van der Waals surface area contributed by atoms with Crippen molar-refractivity contribution in [2.24, 2.45) is 0 Å². The zero-order valence-electron chi connectivity index (χ0n) is 9.73. The summed E-state index contributed by atoms with van der Waals surface area (Å²) in [6, 6.07) is 4.14. The monoisotopic (exact) mass is 291 g/mol. The number of nitrogens with one attached hydrogen (secondary N) is 2. The van der Waals surface area contributed by atoms with Crippen molar-refractivity contribution in [1.82, 2.24) is 10.0 Å². The summed E-state index contributed by atoms with van der Waals surface area (Å²) in [5, 5.41) is 2.84. The van der Waals surface area contributed by atoms with Gasteiger partial charge in [0.25, 0.3) is 0 Å². The van der Waals surface area contributed by atoms with E-state index in [0.29, 0.717) is 5.02 Å². The van der Waals surface area contributed by atoms with Crippen LogP contribution in [0.3, 0.4) is 0 Å². The predicted molar refractivity (Wildman–Crippen MR) is 69.7 cm³/mol. The maximum Gasteiger partial charge on any atom is 0.242 e. The lowest BCUT2D eigenvalue weighted by Gasteiger charge is -2.09. The van der Waals surface area contributed by atoms with Gasteiger partial charge in [-0.1, -0.05) is 11.6 Å². The van der Waals surface area contributed by atoms with Crippen molar-refractivity contribution in [3.05, 3.63) is 23.2 Å². The van der Waals surface area contributed by atoms with Crippen LogP contribution in [0.4, 0.5) is 5.69 Å². The Hall–Kier alpha value is -1.31. The minimum atomic E-state index is -3.69. The fourth-order valence-corrected chi connectivity index (χ4v) is 2.59. The van der Waals surface area contributed by atoms with Gasteiger partial charge in [-0.3, -0.25) is 4.79 Å². The van der Waals surface area contributed by atoms with Crippen molar-refractivity contribution in [3.63, 3.8) is 0 Å². The molecule has 0 aliphatic carbocycles. The molecule has 1 amide bonds. The Balaban J connectivity index is 2.71. The summed E-state index contributed by atoms with van der Waals surface area (Å²) in [5.41, 5.74) is 5.66. The van der Waals surface area contributed by atoms with Crippen molar-refractivity contribution < 1.29 is 13.2 Å². The number of halogens is 1. The zero-order valence-corrected chi connectivity index (χ0v) is 11.3. The van der Waals surface area contributed by atoms with Gasteiger partial charge < -0.3 is 11.1 Å². The molecule has 0 saturated heterocycles. The van der Waals surface area contributed by atoms with Gasteiger partial charge in [0.2, 0.25) is 15.9 Å². The molecule has 100 valence electrons. The average molecular weight is 292 g/mol. The van der Waals surface area contributed by atoms with Crippen LogP contribution in [0.15, 0.2) is 23.1 Å². The second kappa shape index (κ2) is 6.03. The molecule has 0 unspecified atom stereocenters. The van der Waals surface area contributed by atoms with Crippen LogP contribution in [-0.4, -0.2) is 27.4 Å². The van der Waals surface area contributed by atoms with Gasteiger partial charge in [-0.15, -0.1) is 0 Å². The van der Waals surface area contributed by atoms with Crippen LogP contribution < -0.4 is 15.8 Å². The highest BCUT2D eigenvalue weighted by molar-refractivity contribution is 7.89. The average Bonchev–Trinajstić information content (AvgIpc) is 2.23. The minimum absolute atomic E-state index is 0.0327. The van der Waals surface area contributed by atoms with Crippen molar-refractivity contribution in [2.45, 2.75) is 11.8 Å². The molecular weight excluding hydrogens is 278 g/mol. The molecule has 18 heavy (non-hydrogen) atoms.